The Morgan fingerprint density at radius 3 is 1.80 bits per heavy atom. The fourth-order valence-corrected chi connectivity index (χ4v) is 2.00. The predicted octanol–water partition coefficient (Wildman–Crippen LogP) is 0.714. The average Bonchev–Trinajstić information content (AvgIpc) is 2.80. The molecule has 2 amide bonds. The molecule has 2 saturated carbocycles. The smallest absolute Gasteiger partial charge is 0.229 e. The Bertz CT molecular complexity index is 255. The van der Waals surface area contributed by atoms with Crippen molar-refractivity contribution in [2.75, 3.05) is 0 Å². The molecular weight excluding hydrogens is 192 g/mol. The number of nitrogens with one attached hydrogen (secondary N) is 2. The molecule has 2 fully saturated rings. The molecule has 0 aromatic carbocycles. The first-order valence-corrected chi connectivity index (χ1v) is 5.83. The lowest BCUT2D eigenvalue weighted by Gasteiger charge is -2.11. The average molecular weight is 210 g/mol. The van der Waals surface area contributed by atoms with Gasteiger partial charge in [0.2, 0.25) is 11.8 Å². The van der Waals surface area contributed by atoms with Crippen LogP contribution in [0.25, 0.3) is 0 Å². The second-order valence-electron chi connectivity index (χ2n) is 4.57. The summed E-state index contributed by atoms with van der Waals surface area (Å²) >= 11 is 0. The van der Waals surface area contributed by atoms with Crippen LogP contribution in [0.15, 0.2) is 0 Å². The van der Waals surface area contributed by atoms with Gasteiger partial charge in [0, 0.05) is 12.1 Å². The van der Waals surface area contributed by atoms with Gasteiger partial charge in [0.15, 0.2) is 0 Å². The molecule has 0 atom stereocenters. The van der Waals surface area contributed by atoms with Crippen LogP contribution >= 0.6 is 0 Å². The summed E-state index contributed by atoms with van der Waals surface area (Å²) in [5, 5.41) is 5.71. The molecule has 0 unspecified atom stereocenters. The number of hydrogen-bond acceptors (Lipinski definition) is 2. The summed E-state index contributed by atoms with van der Waals surface area (Å²) in [6, 6.07) is 0.656. The van der Waals surface area contributed by atoms with E-state index in [-0.39, 0.29) is 18.2 Å². The van der Waals surface area contributed by atoms with Gasteiger partial charge in [-0.1, -0.05) is 12.8 Å². The highest BCUT2D eigenvalue weighted by Gasteiger charge is 2.24. The van der Waals surface area contributed by atoms with E-state index in [1.54, 1.807) is 0 Å². The van der Waals surface area contributed by atoms with Crippen molar-refractivity contribution in [2.24, 2.45) is 0 Å². The van der Waals surface area contributed by atoms with Crippen molar-refractivity contribution in [2.45, 2.75) is 57.0 Å². The van der Waals surface area contributed by atoms with Crippen LogP contribution in [-0.2, 0) is 9.59 Å². The molecule has 0 radical (unpaired) electrons. The van der Waals surface area contributed by atoms with Gasteiger partial charge in [0.25, 0.3) is 0 Å². The van der Waals surface area contributed by atoms with E-state index in [1.165, 1.54) is 12.8 Å². The topological polar surface area (TPSA) is 58.2 Å². The van der Waals surface area contributed by atoms with E-state index < -0.39 is 0 Å². The maximum Gasteiger partial charge on any atom is 0.229 e. The van der Waals surface area contributed by atoms with Crippen LogP contribution in [-0.4, -0.2) is 23.9 Å². The second kappa shape index (κ2) is 4.64. The largest absolute Gasteiger partial charge is 0.353 e. The first-order valence-electron chi connectivity index (χ1n) is 5.83. The van der Waals surface area contributed by atoms with Crippen LogP contribution < -0.4 is 10.6 Å². The number of rotatable bonds is 4. The molecule has 0 aromatic rings. The fraction of sp³-hybridized carbons (Fsp3) is 0.818. The molecule has 0 aromatic heterocycles. The summed E-state index contributed by atoms with van der Waals surface area (Å²) in [5.74, 6) is -0.256. The zero-order valence-corrected chi connectivity index (χ0v) is 8.92. The quantitative estimate of drug-likeness (QED) is 0.671. The van der Waals surface area contributed by atoms with E-state index in [4.69, 9.17) is 0 Å². The minimum atomic E-state index is -0.131. The van der Waals surface area contributed by atoms with Crippen LogP contribution in [0.1, 0.15) is 44.9 Å². The Labute approximate surface area is 89.8 Å². The Kier molecular flexibility index (Phi) is 3.23. The molecule has 0 spiro atoms. The molecule has 2 aliphatic carbocycles. The highest BCUT2D eigenvalue weighted by atomic mass is 16.2. The molecule has 2 N–H and O–H groups in total. The SMILES string of the molecule is O=C(CC(=O)NC1CC1)NC1CCCC1. The Hall–Kier alpha value is -1.06. The molecule has 4 nitrogen and oxygen atoms in total. The van der Waals surface area contributed by atoms with Crippen molar-refractivity contribution < 1.29 is 9.59 Å². The highest BCUT2D eigenvalue weighted by molar-refractivity contribution is 5.97. The van der Waals surface area contributed by atoms with E-state index in [0.29, 0.717) is 12.1 Å². The summed E-state index contributed by atoms with van der Waals surface area (Å²) in [5.41, 5.74) is 0. The highest BCUT2D eigenvalue weighted by Crippen LogP contribution is 2.19. The molecular formula is C11H18N2O2. The maximum atomic E-state index is 11.4. The molecule has 2 rings (SSSR count). The van der Waals surface area contributed by atoms with E-state index in [0.717, 1.165) is 25.7 Å². The van der Waals surface area contributed by atoms with Gasteiger partial charge in [-0.25, -0.2) is 0 Å². The van der Waals surface area contributed by atoms with E-state index in [2.05, 4.69) is 10.6 Å². The third-order valence-electron chi connectivity index (χ3n) is 2.98. The van der Waals surface area contributed by atoms with Gasteiger partial charge < -0.3 is 10.6 Å². The third-order valence-corrected chi connectivity index (χ3v) is 2.98. The molecule has 84 valence electrons. The van der Waals surface area contributed by atoms with Gasteiger partial charge in [-0.2, -0.15) is 0 Å². The summed E-state index contributed by atoms with van der Waals surface area (Å²) in [7, 11) is 0. The van der Waals surface area contributed by atoms with Gasteiger partial charge in [-0.3, -0.25) is 9.59 Å². The summed E-state index contributed by atoms with van der Waals surface area (Å²) in [4.78, 5) is 22.7. The lowest BCUT2D eigenvalue weighted by molar-refractivity contribution is -0.129. The first-order chi connectivity index (χ1) is 7.24. The molecule has 15 heavy (non-hydrogen) atoms. The Balaban J connectivity index is 1.64. The standard InChI is InChI=1S/C11H18N2O2/c14-10(12-8-3-1-2-4-8)7-11(15)13-9-5-6-9/h8-9H,1-7H2,(H,12,14)(H,13,15). The normalized spacial score (nSPS) is 21.3. The van der Waals surface area contributed by atoms with Crippen molar-refractivity contribution in [1.82, 2.24) is 10.6 Å². The summed E-state index contributed by atoms with van der Waals surface area (Å²) in [6.45, 7) is 0. The Morgan fingerprint density at radius 1 is 0.867 bits per heavy atom. The minimum Gasteiger partial charge on any atom is -0.353 e. The van der Waals surface area contributed by atoms with E-state index >= 15 is 0 Å². The predicted molar refractivity (Wildman–Crippen MR) is 56.2 cm³/mol. The van der Waals surface area contributed by atoms with Crippen LogP contribution in [0, 0.1) is 0 Å². The second-order valence-corrected chi connectivity index (χ2v) is 4.57. The summed E-state index contributed by atoms with van der Waals surface area (Å²) in [6.07, 6.45) is 6.64. The number of carbonyl (C=O) groups is 2. The maximum absolute atomic E-state index is 11.4. The Morgan fingerprint density at radius 2 is 1.33 bits per heavy atom. The minimum absolute atomic E-state index is 0.00694. The molecule has 0 aliphatic heterocycles. The van der Waals surface area contributed by atoms with Crippen LogP contribution in [0.3, 0.4) is 0 Å². The van der Waals surface area contributed by atoms with Gasteiger partial charge in [0.1, 0.15) is 6.42 Å². The molecule has 4 heteroatoms. The summed E-state index contributed by atoms with van der Waals surface area (Å²) < 4.78 is 0. The number of carbonyl (C=O) groups excluding carboxylic acids is 2. The zero-order chi connectivity index (χ0) is 10.7. The van der Waals surface area contributed by atoms with Crippen LogP contribution in [0.5, 0.6) is 0 Å². The first kappa shape index (κ1) is 10.5. The van der Waals surface area contributed by atoms with Crippen molar-refractivity contribution >= 4 is 11.8 Å². The van der Waals surface area contributed by atoms with Gasteiger partial charge >= 0.3 is 0 Å². The van der Waals surface area contributed by atoms with Crippen molar-refractivity contribution in [3.8, 4) is 0 Å². The van der Waals surface area contributed by atoms with Crippen molar-refractivity contribution in [3.63, 3.8) is 0 Å². The van der Waals surface area contributed by atoms with Crippen LogP contribution in [0.2, 0.25) is 0 Å². The zero-order valence-electron chi connectivity index (χ0n) is 8.92. The molecule has 0 bridgehead atoms. The van der Waals surface area contributed by atoms with Gasteiger partial charge in [-0.05, 0) is 25.7 Å². The van der Waals surface area contributed by atoms with Crippen molar-refractivity contribution in [1.29, 1.82) is 0 Å². The fourth-order valence-electron chi connectivity index (χ4n) is 2.00. The third kappa shape index (κ3) is 3.53. The monoisotopic (exact) mass is 210 g/mol. The van der Waals surface area contributed by atoms with Gasteiger partial charge in [-0.15, -0.1) is 0 Å². The number of amides is 2. The van der Waals surface area contributed by atoms with Gasteiger partial charge in [0.05, 0.1) is 0 Å². The van der Waals surface area contributed by atoms with Crippen molar-refractivity contribution in [3.05, 3.63) is 0 Å². The van der Waals surface area contributed by atoms with E-state index in [1.807, 2.05) is 0 Å². The number of hydrogen-bond donors (Lipinski definition) is 2. The lowest BCUT2D eigenvalue weighted by Crippen LogP contribution is -2.37. The van der Waals surface area contributed by atoms with E-state index in [9.17, 15) is 9.59 Å². The van der Waals surface area contributed by atoms with Crippen LogP contribution in [0.4, 0.5) is 0 Å². The molecule has 2 aliphatic rings. The molecule has 0 saturated heterocycles. The molecule has 0 heterocycles. The lowest BCUT2D eigenvalue weighted by atomic mass is 10.2.